The average molecular weight is 356 g/mol. The number of para-hydroxylation sites is 1. The standard InChI is InChI=1S/C14H14BrNO3S/c1-19-13-5-3-2-4-10(13)9-20(17,18)14-8-11(15)6-7-12(14)16/h2-8H,9,16H2,1H3. The number of hydrogen-bond acceptors (Lipinski definition) is 4. The summed E-state index contributed by atoms with van der Waals surface area (Å²) in [6, 6.07) is 11.8. The van der Waals surface area contributed by atoms with E-state index in [0.717, 1.165) is 0 Å². The molecule has 0 fully saturated rings. The van der Waals surface area contributed by atoms with Crippen molar-refractivity contribution < 1.29 is 13.2 Å². The maximum Gasteiger partial charge on any atom is 0.184 e. The van der Waals surface area contributed by atoms with E-state index in [9.17, 15) is 8.42 Å². The van der Waals surface area contributed by atoms with Crippen LogP contribution in [0, 0.1) is 0 Å². The number of halogens is 1. The SMILES string of the molecule is COc1ccccc1CS(=O)(=O)c1cc(Br)ccc1N. The van der Waals surface area contributed by atoms with Crippen molar-refractivity contribution in [2.24, 2.45) is 0 Å². The summed E-state index contributed by atoms with van der Waals surface area (Å²) in [4.78, 5) is 0.123. The van der Waals surface area contributed by atoms with Crippen LogP contribution in [0.25, 0.3) is 0 Å². The second kappa shape index (κ2) is 5.85. The smallest absolute Gasteiger partial charge is 0.184 e. The molecule has 2 rings (SSSR count). The molecule has 0 heterocycles. The molecule has 0 amide bonds. The van der Waals surface area contributed by atoms with Gasteiger partial charge in [-0.1, -0.05) is 34.1 Å². The Labute approximate surface area is 126 Å². The summed E-state index contributed by atoms with van der Waals surface area (Å²) in [6.07, 6.45) is 0. The van der Waals surface area contributed by atoms with E-state index >= 15 is 0 Å². The van der Waals surface area contributed by atoms with E-state index in [0.29, 0.717) is 15.8 Å². The number of nitrogen functional groups attached to an aromatic ring is 1. The highest BCUT2D eigenvalue weighted by Crippen LogP contribution is 2.28. The highest BCUT2D eigenvalue weighted by molar-refractivity contribution is 9.10. The molecule has 0 radical (unpaired) electrons. The molecule has 0 atom stereocenters. The topological polar surface area (TPSA) is 69.4 Å². The Morgan fingerprint density at radius 2 is 1.90 bits per heavy atom. The van der Waals surface area contributed by atoms with Gasteiger partial charge in [0.05, 0.1) is 23.4 Å². The van der Waals surface area contributed by atoms with Crippen molar-refractivity contribution in [3.63, 3.8) is 0 Å². The Morgan fingerprint density at radius 1 is 1.20 bits per heavy atom. The lowest BCUT2D eigenvalue weighted by molar-refractivity contribution is 0.411. The minimum absolute atomic E-state index is 0.123. The van der Waals surface area contributed by atoms with Crippen molar-refractivity contribution >= 4 is 31.5 Å². The van der Waals surface area contributed by atoms with Gasteiger partial charge >= 0.3 is 0 Å². The van der Waals surface area contributed by atoms with Crippen molar-refractivity contribution in [2.75, 3.05) is 12.8 Å². The van der Waals surface area contributed by atoms with Crippen LogP contribution in [0.15, 0.2) is 51.8 Å². The van der Waals surface area contributed by atoms with Crippen molar-refractivity contribution in [3.05, 3.63) is 52.5 Å². The number of rotatable bonds is 4. The van der Waals surface area contributed by atoms with Gasteiger partial charge in [-0.2, -0.15) is 0 Å². The van der Waals surface area contributed by atoms with Crippen LogP contribution in [0.4, 0.5) is 5.69 Å². The molecule has 0 saturated heterocycles. The molecule has 2 N–H and O–H groups in total. The molecule has 4 nitrogen and oxygen atoms in total. The first-order valence-corrected chi connectivity index (χ1v) is 8.28. The van der Waals surface area contributed by atoms with Crippen molar-refractivity contribution in [3.8, 4) is 5.75 Å². The summed E-state index contributed by atoms with van der Waals surface area (Å²) >= 11 is 3.26. The van der Waals surface area contributed by atoms with Gasteiger partial charge in [-0.15, -0.1) is 0 Å². The number of anilines is 1. The van der Waals surface area contributed by atoms with Gasteiger partial charge in [0.15, 0.2) is 9.84 Å². The Morgan fingerprint density at radius 3 is 2.60 bits per heavy atom. The van der Waals surface area contributed by atoms with E-state index in [-0.39, 0.29) is 16.3 Å². The first-order valence-electron chi connectivity index (χ1n) is 5.84. The highest BCUT2D eigenvalue weighted by Gasteiger charge is 2.20. The molecule has 0 unspecified atom stereocenters. The molecular formula is C14H14BrNO3S. The Kier molecular flexibility index (Phi) is 4.35. The van der Waals surface area contributed by atoms with Crippen molar-refractivity contribution in [1.82, 2.24) is 0 Å². The fourth-order valence-electron chi connectivity index (χ4n) is 1.88. The molecule has 0 saturated carbocycles. The summed E-state index contributed by atoms with van der Waals surface area (Å²) in [7, 11) is -2.02. The molecule has 6 heteroatoms. The molecular weight excluding hydrogens is 342 g/mol. The van der Waals surface area contributed by atoms with Crippen LogP contribution in [0.1, 0.15) is 5.56 Å². The normalized spacial score (nSPS) is 11.3. The molecule has 0 aliphatic heterocycles. The largest absolute Gasteiger partial charge is 0.496 e. The van der Waals surface area contributed by atoms with Gasteiger partial charge in [0.2, 0.25) is 0 Å². The van der Waals surface area contributed by atoms with Gasteiger partial charge in [0, 0.05) is 10.0 Å². The fourth-order valence-corrected chi connectivity index (χ4v) is 3.93. The number of benzene rings is 2. The first-order chi connectivity index (χ1) is 9.44. The van der Waals surface area contributed by atoms with Crippen LogP contribution in [-0.2, 0) is 15.6 Å². The molecule has 106 valence electrons. The van der Waals surface area contributed by atoms with Crippen LogP contribution < -0.4 is 10.5 Å². The van der Waals surface area contributed by atoms with Gasteiger partial charge < -0.3 is 10.5 Å². The minimum Gasteiger partial charge on any atom is -0.496 e. The lowest BCUT2D eigenvalue weighted by atomic mass is 10.2. The minimum atomic E-state index is -3.53. The van der Waals surface area contributed by atoms with Crippen LogP contribution in [0.2, 0.25) is 0 Å². The van der Waals surface area contributed by atoms with Gasteiger partial charge in [0.25, 0.3) is 0 Å². The molecule has 2 aromatic carbocycles. The Bertz CT molecular complexity index is 729. The van der Waals surface area contributed by atoms with Crippen molar-refractivity contribution in [2.45, 2.75) is 10.6 Å². The molecule has 0 aromatic heterocycles. The maximum atomic E-state index is 12.5. The number of sulfone groups is 1. The maximum absolute atomic E-state index is 12.5. The lowest BCUT2D eigenvalue weighted by Crippen LogP contribution is -2.08. The summed E-state index contributed by atoms with van der Waals surface area (Å²) in [5, 5.41) is 0. The molecule has 0 spiro atoms. The molecule has 0 bridgehead atoms. The highest BCUT2D eigenvalue weighted by atomic mass is 79.9. The van der Waals surface area contributed by atoms with E-state index in [1.165, 1.54) is 13.2 Å². The monoisotopic (exact) mass is 355 g/mol. The quantitative estimate of drug-likeness (QED) is 0.855. The third-order valence-corrected chi connectivity index (χ3v) is 5.06. The van der Waals surface area contributed by atoms with Gasteiger partial charge in [-0.25, -0.2) is 8.42 Å². The van der Waals surface area contributed by atoms with Crippen LogP contribution in [-0.4, -0.2) is 15.5 Å². The van der Waals surface area contributed by atoms with Gasteiger partial charge in [-0.3, -0.25) is 0 Å². The zero-order valence-corrected chi connectivity index (χ0v) is 13.2. The second-order valence-corrected chi connectivity index (χ2v) is 7.13. The van der Waals surface area contributed by atoms with Crippen LogP contribution in [0.5, 0.6) is 5.75 Å². The third-order valence-electron chi connectivity index (χ3n) is 2.85. The van der Waals surface area contributed by atoms with Gasteiger partial charge in [0.1, 0.15) is 5.75 Å². The Hall–Kier alpha value is -1.53. The summed E-state index contributed by atoms with van der Waals surface area (Å²) < 4.78 is 30.8. The third kappa shape index (κ3) is 3.13. The van der Waals surface area contributed by atoms with Crippen LogP contribution >= 0.6 is 15.9 Å². The second-order valence-electron chi connectivity index (χ2n) is 4.25. The van der Waals surface area contributed by atoms with E-state index in [2.05, 4.69) is 15.9 Å². The van der Waals surface area contributed by atoms with E-state index in [1.54, 1.807) is 36.4 Å². The average Bonchev–Trinajstić information content (AvgIpc) is 2.41. The number of hydrogen-bond donors (Lipinski definition) is 1. The lowest BCUT2D eigenvalue weighted by Gasteiger charge is -2.11. The summed E-state index contributed by atoms with van der Waals surface area (Å²) in [5.41, 5.74) is 6.61. The van der Waals surface area contributed by atoms with E-state index in [1.807, 2.05) is 0 Å². The Balaban J connectivity index is 2.43. The van der Waals surface area contributed by atoms with Gasteiger partial charge in [-0.05, 0) is 24.3 Å². The van der Waals surface area contributed by atoms with E-state index in [4.69, 9.17) is 10.5 Å². The first kappa shape index (κ1) is 14.9. The molecule has 2 aromatic rings. The fraction of sp³-hybridized carbons (Fsp3) is 0.143. The zero-order valence-electron chi connectivity index (χ0n) is 10.8. The molecule has 20 heavy (non-hydrogen) atoms. The molecule has 0 aliphatic rings. The van der Waals surface area contributed by atoms with Crippen LogP contribution in [0.3, 0.4) is 0 Å². The predicted molar refractivity (Wildman–Crippen MR) is 82.4 cm³/mol. The number of ether oxygens (including phenoxy) is 1. The zero-order chi connectivity index (χ0) is 14.8. The summed E-state index contributed by atoms with van der Waals surface area (Å²) in [5.74, 6) is 0.391. The predicted octanol–water partition coefficient (Wildman–Crippen LogP) is 3.01. The number of methoxy groups -OCH3 is 1. The number of nitrogens with two attached hydrogens (primary N) is 1. The van der Waals surface area contributed by atoms with Crippen molar-refractivity contribution in [1.29, 1.82) is 0 Å². The molecule has 0 aliphatic carbocycles. The van der Waals surface area contributed by atoms with E-state index < -0.39 is 9.84 Å². The summed E-state index contributed by atoms with van der Waals surface area (Å²) in [6.45, 7) is 0.